The van der Waals surface area contributed by atoms with Gasteiger partial charge in [0.2, 0.25) is 0 Å². The predicted molar refractivity (Wildman–Crippen MR) is 126 cm³/mol. The maximum atomic E-state index is 7.57. The van der Waals surface area contributed by atoms with Crippen molar-refractivity contribution in [1.82, 2.24) is 10.6 Å². The maximum Gasteiger partial charge on any atom is 0.142 e. The van der Waals surface area contributed by atoms with Crippen LogP contribution in [0.15, 0.2) is 59.4 Å². The molecule has 0 aromatic heterocycles. The Morgan fingerprint density at radius 1 is 1.19 bits per heavy atom. The summed E-state index contributed by atoms with van der Waals surface area (Å²) in [5.74, 6) is 0.870. The Labute approximate surface area is 184 Å². The Morgan fingerprint density at radius 3 is 2.77 bits per heavy atom. The molecule has 0 saturated heterocycles. The molecule has 2 heterocycles. The fourth-order valence-electron chi connectivity index (χ4n) is 4.61. The van der Waals surface area contributed by atoms with Crippen molar-refractivity contribution in [1.29, 1.82) is 5.53 Å². The number of benzene rings is 2. The second kappa shape index (κ2) is 9.35. The van der Waals surface area contributed by atoms with Crippen molar-refractivity contribution >= 4 is 17.0 Å². The smallest absolute Gasteiger partial charge is 0.142 e. The van der Waals surface area contributed by atoms with E-state index in [9.17, 15) is 0 Å². The minimum Gasteiger partial charge on any atom is -0.495 e. The van der Waals surface area contributed by atoms with Crippen LogP contribution in [-0.2, 0) is 0 Å². The predicted octanol–water partition coefficient (Wildman–Crippen LogP) is 4.96. The lowest BCUT2D eigenvalue weighted by atomic mass is 9.90. The van der Waals surface area contributed by atoms with Crippen LogP contribution >= 0.6 is 0 Å². The van der Waals surface area contributed by atoms with E-state index in [1.54, 1.807) is 7.11 Å². The number of nitrogens with zero attached hydrogens (tertiary/aromatic N) is 2. The zero-order valence-corrected chi connectivity index (χ0v) is 18.5. The van der Waals surface area contributed by atoms with Gasteiger partial charge >= 0.3 is 0 Å². The number of hydrogen-bond acceptors (Lipinski definition) is 6. The highest BCUT2D eigenvalue weighted by atomic mass is 16.5. The zero-order chi connectivity index (χ0) is 21.8. The molecular formula is C25H31N5O. The molecule has 2 aromatic rings. The number of methoxy groups -OCH3 is 1. The Kier molecular flexibility index (Phi) is 6.37. The van der Waals surface area contributed by atoms with Gasteiger partial charge in [0.25, 0.3) is 0 Å². The SMILES string of the molecule is COc1ccccc1N(C)C1CCN/C(=C(/C)N=N)c2ccc(C3=CCNCC3)cc21. The van der Waals surface area contributed by atoms with E-state index in [1.165, 1.54) is 16.7 Å². The molecule has 1 unspecified atom stereocenters. The Bertz CT molecular complexity index is 1030. The van der Waals surface area contributed by atoms with E-state index in [0.717, 1.165) is 55.2 Å². The summed E-state index contributed by atoms with van der Waals surface area (Å²) in [5, 5.41) is 10.7. The molecular weight excluding hydrogens is 386 g/mol. The lowest BCUT2D eigenvalue weighted by Gasteiger charge is -2.32. The number of allylic oxidation sites excluding steroid dienone is 1. The largest absolute Gasteiger partial charge is 0.495 e. The molecule has 2 aliphatic rings. The van der Waals surface area contributed by atoms with Gasteiger partial charge in [0.1, 0.15) is 5.75 Å². The summed E-state index contributed by atoms with van der Waals surface area (Å²) in [6.45, 7) is 4.63. The summed E-state index contributed by atoms with van der Waals surface area (Å²) in [6.07, 6.45) is 4.26. The van der Waals surface area contributed by atoms with Crippen LogP contribution in [0, 0.1) is 5.53 Å². The van der Waals surface area contributed by atoms with Crippen LogP contribution in [0.5, 0.6) is 5.75 Å². The third-order valence-corrected chi connectivity index (χ3v) is 6.30. The molecule has 0 saturated carbocycles. The first-order valence-corrected chi connectivity index (χ1v) is 10.9. The van der Waals surface area contributed by atoms with Crippen molar-refractivity contribution in [2.45, 2.75) is 25.8 Å². The molecule has 3 N–H and O–H groups in total. The molecule has 0 aliphatic carbocycles. The number of fused-ring (bicyclic) bond motifs is 1. The number of ether oxygens (including phenoxy) is 1. The highest BCUT2D eigenvalue weighted by Gasteiger charge is 2.27. The maximum absolute atomic E-state index is 7.57. The van der Waals surface area contributed by atoms with Crippen molar-refractivity contribution < 1.29 is 4.74 Å². The van der Waals surface area contributed by atoms with Crippen LogP contribution in [0.3, 0.4) is 0 Å². The van der Waals surface area contributed by atoms with Gasteiger partial charge in [-0.2, -0.15) is 5.11 Å². The first-order chi connectivity index (χ1) is 15.1. The lowest BCUT2D eigenvalue weighted by molar-refractivity contribution is 0.413. The third-order valence-electron chi connectivity index (χ3n) is 6.30. The van der Waals surface area contributed by atoms with Gasteiger partial charge in [0.05, 0.1) is 30.2 Å². The van der Waals surface area contributed by atoms with Crippen molar-refractivity contribution in [3.8, 4) is 5.75 Å². The van der Waals surface area contributed by atoms with Gasteiger partial charge in [-0.3, -0.25) is 0 Å². The minimum atomic E-state index is 0.164. The highest BCUT2D eigenvalue weighted by Crippen LogP contribution is 2.40. The number of para-hydroxylation sites is 2. The number of nitrogens with one attached hydrogen (secondary N) is 3. The van der Waals surface area contributed by atoms with E-state index in [2.05, 4.69) is 64.1 Å². The van der Waals surface area contributed by atoms with Crippen LogP contribution in [0.1, 0.15) is 42.5 Å². The third kappa shape index (κ3) is 4.21. The van der Waals surface area contributed by atoms with Crippen LogP contribution in [0.25, 0.3) is 11.3 Å². The van der Waals surface area contributed by atoms with E-state index in [-0.39, 0.29) is 6.04 Å². The normalized spacial score (nSPS) is 20.0. The summed E-state index contributed by atoms with van der Waals surface area (Å²) >= 11 is 0. The van der Waals surface area contributed by atoms with Crippen LogP contribution < -0.4 is 20.3 Å². The Balaban J connectivity index is 1.85. The van der Waals surface area contributed by atoms with Gasteiger partial charge in [-0.1, -0.05) is 30.3 Å². The average molecular weight is 418 g/mol. The molecule has 0 amide bonds. The zero-order valence-electron chi connectivity index (χ0n) is 18.5. The molecule has 162 valence electrons. The van der Waals surface area contributed by atoms with E-state index < -0.39 is 0 Å². The summed E-state index contributed by atoms with van der Waals surface area (Å²) < 4.78 is 5.65. The van der Waals surface area contributed by atoms with Gasteiger partial charge in [-0.15, -0.1) is 0 Å². The molecule has 0 fully saturated rings. The molecule has 0 radical (unpaired) electrons. The molecule has 0 bridgehead atoms. The molecule has 31 heavy (non-hydrogen) atoms. The first kappa shape index (κ1) is 21.1. The highest BCUT2D eigenvalue weighted by molar-refractivity contribution is 5.75. The van der Waals surface area contributed by atoms with Crippen molar-refractivity contribution in [3.63, 3.8) is 0 Å². The van der Waals surface area contributed by atoms with Gasteiger partial charge in [-0.05, 0) is 61.2 Å². The molecule has 2 aromatic carbocycles. The van der Waals surface area contributed by atoms with Crippen LogP contribution in [0.4, 0.5) is 5.69 Å². The summed E-state index contributed by atoms with van der Waals surface area (Å²) in [4.78, 5) is 2.32. The standard InChI is InChI=1S/C25H31N5O/c1-17(29-26)25-20-9-8-19(18-10-13-27-14-11-18)16-21(20)22(12-15-28-25)30(2)23-6-4-5-7-24(23)31-3/h4-10,16,22,26-28H,11-15H2,1-3H3/b25-17-,29-26?. The molecule has 6 nitrogen and oxygen atoms in total. The Morgan fingerprint density at radius 2 is 2.03 bits per heavy atom. The van der Waals surface area contributed by atoms with E-state index in [4.69, 9.17) is 10.3 Å². The molecule has 0 spiro atoms. The van der Waals surface area contributed by atoms with Crippen LogP contribution in [-0.4, -0.2) is 33.8 Å². The van der Waals surface area contributed by atoms with Gasteiger partial charge < -0.3 is 20.3 Å². The monoisotopic (exact) mass is 417 g/mol. The van der Waals surface area contributed by atoms with E-state index >= 15 is 0 Å². The quantitative estimate of drug-likeness (QED) is 0.601. The number of hydrogen-bond donors (Lipinski definition) is 3. The molecule has 6 heteroatoms. The second-order valence-electron chi connectivity index (χ2n) is 8.07. The number of anilines is 1. The van der Waals surface area contributed by atoms with Gasteiger partial charge in [0.15, 0.2) is 0 Å². The van der Waals surface area contributed by atoms with E-state index in [1.807, 2.05) is 19.1 Å². The average Bonchev–Trinajstić information content (AvgIpc) is 3.03. The molecule has 2 aliphatic heterocycles. The molecule has 4 rings (SSSR count). The van der Waals surface area contributed by atoms with Crippen LogP contribution in [0.2, 0.25) is 0 Å². The lowest BCUT2D eigenvalue weighted by Crippen LogP contribution is -2.26. The Hall–Kier alpha value is -3.12. The fourth-order valence-corrected chi connectivity index (χ4v) is 4.61. The van der Waals surface area contributed by atoms with Crippen molar-refractivity contribution in [3.05, 3.63) is 70.9 Å². The van der Waals surface area contributed by atoms with E-state index in [0.29, 0.717) is 5.70 Å². The number of rotatable bonds is 5. The molecule has 1 atom stereocenters. The van der Waals surface area contributed by atoms with Crippen molar-refractivity contribution in [2.75, 3.05) is 38.7 Å². The van der Waals surface area contributed by atoms with Crippen molar-refractivity contribution in [2.24, 2.45) is 5.11 Å². The second-order valence-corrected chi connectivity index (χ2v) is 8.07. The minimum absolute atomic E-state index is 0.164. The first-order valence-electron chi connectivity index (χ1n) is 10.9. The summed E-state index contributed by atoms with van der Waals surface area (Å²) in [6, 6.07) is 15.1. The van der Waals surface area contributed by atoms with Gasteiger partial charge in [-0.25, -0.2) is 5.53 Å². The van der Waals surface area contributed by atoms with Gasteiger partial charge in [0, 0.05) is 25.7 Å². The summed E-state index contributed by atoms with van der Waals surface area (Å²) in [5.41, 5.74) is 15.3. The fraction of sp³-hybridized carbons (Fsp3) is 0.360. The topological polar surface area (TPSA) is 72.7 Å². The summed E-state index contributed by atoms with van der Waals surface area (Å²) in [7, 11) is 3.86.